The SMILES string of the molecule is C1=C(c2ccc(-c3ccc(-c4nc(-c5ccccc5)cc(-c5ccccc5)n4)cc3)cc2)c2c(oc3ccccc23)-c2ccccc2CC1. The first-order chi connectivity index (χ1) is 24.3. The van der Waals surface area contributed by atoms with E-state index in [2.05, 4.69) is 127 Å². The molecule has 1 aliphatic carbocycles. The van der Waals surface area contributed by atoms with Crippen molar-refractivity contribution in [1.82, 2.24) is 9.97 Å². The second-order valence-corrected chi connectivity index (χ2v) is 12.5. The maximum Gasteiger partial charge on any atom is 0.160 e. The Balaban J connectivity index is 1.06. The first kappa shape index (κ1) is 28.9. The van der Waals surface area contributed by atoms with Crippen LogP contribution in [-0.4, -0.2) is 9.97 Å². The van der Waals surface area contributed by atoms with Crippen molar-refractivity contribution in [3.63, 3.8) is 0 Å². The fourth-order valence-electron chi connectivity index (χ4n) is 6.94. The molecule has 232 valence electrons. The third-order valence-electron chi connectivity index (χ3n) is 9.43. The number of nitrogens with zero attached hydrogens (tertiary/aromatic N) is 2. The maximum absolute atomic E-state index is 6.56. The van der Waals surface area contributed by atoms with Gasteiger partial charge in [-0.2, -0.15) is 0 Å². The largest absolute Gasteiger partial charge is 0.455 e. The number of furan rings is 1. The highest BCUT2D eigenvalue weighted by Gasteiger charge is 2.23. The predicted octanol–water partition coefficient (Wildman–Crippen LogP) is 11.9. The molecule has 6 aromatic carbocycles. The van der Waals surface area contributed by atoms with Gasteiger partial charge in [-0.25, -0.2) is 9.97 Å². The van der Waals surface area contributed by atoms with E-state index >= 15 is 0 Å². The Bertz CT molecular complexity index is 2400. The van der Waals surface area contributed by atoms with Crippen molar-refractivity contribution < 1.29 is 4.42 Å². The van der Waals surface area contributed by atoms with Gasteiger partial charge in [-0.15, -0.1) is 0 Å². The van der Waals surface area contributed by atoms with Crippen LogP contribution in [0, 0.1) is 0 Å². The highest BCUT2D eigenvalue weighted by molar-refractivity contribution is 6.02. The van der Waals surface area contributed by atoms with Gasteiger partial charge >= 0.3 is 0 Å². The minimum atomic E-state index is 0.711. The monoisotopic (exact) mass is 628 g/mol. The summed E-state index contributed by atoms with van der Waals surface area (Å²) in [6, 6.07) is 57.2. The van der Waals surface area contributed by atoms with E-state index in [-0.39, 0.29) is 0 Å². The Morgan fingerprint density at radius 3 is 1.69 bits per heavy atom. The van der Waals surface area contributed by atoms with Crippen LogP contribution in [0.4, 0.5) is 0 Å². The van der Waals surface area contributed by atoms with Gasteiger partial charge in [0.2, 0.25) is 0 Å². The smallest absolute Gasteiger partial charge is 0.160 e. The number of allylic oxidation sites excluding steroid dienone is 1. The summed E-state index contributed by atoms with van der Waals surface area (Å²) in [5, 5.41) is 1.15. The summed E-state index contributed by atoms with van der Waals surface area (Å²) in [6.45, 7) is 0. The number of aromatic nitrogens is 2. The third kappa shape index (κ3) is 5.46. The van der Waals surface area contributed by atoms with Gasteiger partial charge in [0.25, 0.3) is 0 Å². The van der Waals surface area contributed by atoms with Crippen LogP contribution >= 0.6 is 0 Å². The fraction of sp³-hybridized carbons (Fsp3) is 0.0435. The predicted molar refractivity (Wildman–Crippen MR) is 201 cm³/mol. The van der Waals surface area contributed by atoms with Crippen LogP contribution in [0.1, 0.15) is 23.1 Å². The van der Waals surface area contributed by atoms with Crippen molar-refractivity contribution in [2.45, 2.75) is 12.8 Å². The molecule has 2 heterocycles. The lowest BCUT2D eigenvalue weighted by Gasteiger charge is -2.16. The summed E-state index contributed by atoms with van der Waals surface area (Å²) in [7, 11) is 0. The first-order valence-corrected chi connectivity index (χ1v) is 16.8. The van der Waals surface area contributed by atoms with E-state index in [1.54, 1.807) is 0 Å². The molecule has 0 unspecified atom stereocenters. The van der Waals surface area contributed by atoms with Gasteiger partial charge in [-0.1, -0.05) is 158 Å². The number of hydrogen-bond acceptors (Lipinski definition) is 3. The Morgan fingerprint density at radius 1 is 0.469 bits per heavy atom. The highest BCUT2D eigenvalue weighted by atomic mass is 16.3. The molecule has 0 fully saturated rings. The van der Waals surface area contributed by atoms with Gasteiger partial charge in [0.05, 0.1) is 11.4 Å². The lowest BCUT2D eigenvalue weighted by atomic mass is 9.87. The average molecular weight is 629 g/mol. The zero-order valence-corrected chi connectivity index (χ0v) is 26.9. The zero-order chi connectivity index (χ0) is 32.6. The zero-order valence-electron chi connectivity index (χ0n) is 26.9. The van der Waals surface area contributed by atoms with E-state index in [0.717, 1.165) is 68.8 Å². The van der Waals surface area contributed by atoms with Crippen LogP contribution in [0.15, 0.2) is 174 Å². The van der Waals surface area contributed by atoms with Crippen molar-refractivity contribution in [2.75, 3.05) is 0 Å². The number of benzene rings is 6. The highest BCUT2D eigenvalue weighted by Crippen LogP contribution is 2.43. The minimum Gasteiger partial charge on any atom is -0.455 e. The van der Waals surface area contributed by atoms with E-state index in [9.17, 15) is 0 Å². The van der Waals surface area contributed by atoms with E-state index in [1.165, 1.54) is 27.8 Å². The average Bonchev–Trinajstić information content (AvgIpc) is 3.55. The summed E-state index contributed by atoms with van der Waals surface area (Å²) in [4.78, 5) is 10.0. The quantitative estimate of drug-likeness (QED) is 0.190. The second-order valence-electron chi connectivity index (χ2n) is 12.5. The molecule has 0 amide bonds. The number of hydrogen-bond donors (Lipinski definition) is 0. The molecule has 0 bridgehead atoms. The number of para-hydroxylation sites is 1. The summed E-state index contributed by atoms with van der Waals surface area (Å²) in [5.41, 5.74) is 14.3. The van der Waals surface area contributed by atoms with Gasteiger partial charge in [0.15, 0.2) is 5.82 Å². The van der Waals surface area contributed by atoms with Crippen LogP contribution in [0.5, 0.6) is 0 Å². The van der Waals surface area contributed by atoms with Crippen LogP contribution in [-0.2, 0) is 6.42 Å². The molecule has 0 atom stereocenters. The lowest BCUT2D eigenvalue weighted by molar-refractivity contribution is 0.629. The second kappa shape index (κ2) is 12.4. The normalized spacial score (nSPS) is 12.4. The molecule has 0 aliphatic heterocycles. The van der Waals surface area contributed by atoms with Crippen LogP contribution < -0.4 is 0 Å². The van der Waals surface area contributed by atoms with Crippen LogP contribution in [0.2, 0.25) is 0 Å². The number of rotatable bonds is 5. The van der Waals surface area contributed by atoms with Crippen molar-refractivity contribution in [1.29, 1.82) is 0 Å². The van der Waals surface area contributed by atoms with E-state index < -0.39 is 0 Å². The molecule has 0 N–H and O–H groups in total. The molecule has 0 radical (unpaired) electrons. The molecule has 49 heavy (non-hydrogen) atoms. The van der Waals surface area contributed by atoms with Gasteiger partial charge in [-0.05, 0) is 52.8 Å². The molecule has 0 spiro atoms. The van der Waals surface area contributed by atoms with E-state index in [4.69, 9.17) is 14.4 Å². The lowest BCUT2D eigenvalue weighted by Crippen LogP contribution is -1.97. The van der Waals surface area contributed by atoms with Gasteiger partial charge in [0, 0.05) is 33.2 Å². The molecule has 2 aromatic heterocycles. The number of aryl methyl sites for hydroxylation is 1. The summed E-state index contributed by atoms with van der Waals surface area (Å²) in [6.07, 6.45) is 4.33. The molecule has 8 aromatic rings. The van der Waals surface area contributed by atoms with Crippen molar-refractivity contribution in [3.05, 3.63) is 187 Å². The van der Waals surface area contributed by atoms with Gasteiger partial charge < -0.3 is 4.42 Å². The molecule has 1 aliphatic rings. The molecule has 0 saturated carbocycles. The van der Waals surface area contributed by atoms with Crippen molar-refractivity contribution in [2.24, 2.45) is 0 Å². The van der Waals surface area contributed by atoms with Gasteiger partial charge in [-0.3, -0.25) is 0 Å². The molecular weight excluding hydrogens is 597 g/mol. The molecule has 3 nitrogen and oxygen atoms in total. The van der Waals surface area contributed by atoms with E-state index in [0.29, 0.717) is 5.82 Å². The van der Waals surface area contributed by atoms with Crippen molar-refractivity contribution in [3.8, 4) is 56.4 Å². The van der Waals surface area contributed by atoms with Crippen molar-refractivity contribution >= 4 is 16.5 Å². The molecule has 9 rings (SSSR count). The Kier molecular flexibility index (Phi) is 7.29. The van der Waals surface area contributed by atoms with E-state index in [1.807, 2.05) is 42.5 Å². The first-order valence-electron chi connectivity index (χ1n) is 16.8. The summed E-state index contributed by atoms with van der Waals surface area (Å²) >= 11 is 0. The maximum atomic E-state index is 6.56. The standard InChI is InChI=1S/C46H32N2O/c1-3-13-35(14-4-1)41-30-42(36-15-5-2-6-16-36)48-46(47-41)37-28-24-32(25-29-37)31-22-26-34(27-23-31)38-20-11-17-33-12-7-8-18-39(33)45-44(38)40-19-9-10-21-43(40)49-45/h1-10,12-16,18-30H,11,17H2. The van der Waals surface area contributed by atoms with Gasteiger partial charge in [0.1, 0.15) is 11.3 Å². The Morgan fingerprint density at radius 2 is 1.02 bits per heavy atom. The summed E-state index contributed by atoms with van der Waals surface area (Å²) < 4.78 is 6.56. The number of fused-ring (bicyclic) bond motifs is 5. The Labute approximate surface area is 285 Å². The minimum absolute atomic E-state index is 0.711. The molecular formula is C46H32N2O. The van der Waals surface area contributed by atoms with Crippen LogP contribution in [0.3, 0.4) is 0 Å². The van der Waals surface area contributed by atoms with Crippen LogP contribution in [0.25, 0.3) is 72.9 Å². The fourth-order valence-corrected chi connectivity index (χ4v) is 6.94. The Hall–Kier alpha value is -6.32. The topological polar surface area (TPSA) is 38.9 Å². The molecule has 3 heteroatoms. The molecule has 0 saturated heterocycles. The summed E-state index contributed by atoms with van der Waals surface area (Å²) in [5.74, 6) is 1.67. The third-order valence-corrected chi connectivity index (χ3v) is 9.43.